The lowest BCUT2D eigenvalue weighted by atomic mass is 10.1. The number of hydrogen-bond acceptors (Lipinski definition) is 7. The van der Waals surface area contributed by atoms with E-state index in [0.29, 0.717) is 6.42 Å². The number of nitrogens with zero attached hydrogens (tertiary/aromatic N) is 1. The molecule has 0 bridgehead atoms. The average molecular weight is 335 g/mol. The molecule has 0 spiro atoms. The highest BCUT2D eigenvalue weighted by molar-refractivity contribution is 7.91. The Morgan fingerprint density at radius 3 is 2.38 bits per heavy atom. The van der Waals surface area contributed by atoms with Crippen LogP contribution in [0.1, 0.15) is 6.42 Å². The molecular weight excluding hydrogens is 322 g/mol. The SMILES string of the molecule is O=[N+]([O-])c1ccc(S(=O)(=O)OCC2CCS(=O)(=O)C2)cc1. The van der Waals surface area contributed by atoms with Gasteiger partial charge in [-0.1, -0.05) is 0 Å². The Bertz CT molecular complexity index is 737. The van der Waals surface area contributed by atoms with E-state index in [1.807, 2.05) is 0 Å². The lowest BCUT2D eigenvalue weighted by Crippen LogP contribution is -2.16. The van der Waals surface area contributed by atoms with Crippen molar-refractivity contribution in [3.8, 4) is 0 Å². The number of nitro benzene ring substituents is 1. The Hall–Kier alpha value is -1.52. The van der Waals surface area contributed by atoms with Crippen LogP contribution in [0.3, 0.4) is 0 Å². The predicted octanol–water partition coefficient (Wildman–Crippen LogP) is 0.735. The summed E-state index contributed by atoms with van der Waals surface area (Å²) in [7, 11) is -7.14. The number of rotatable bonds is 5. The molecule has 1 aromatic rings. The number of non-ortho nitro benzene ring substituents is 1. The summed E-state index contributed by atoms with van der Waals surface area (Å²) in [5, 5.41) is 10.5. The maximum absolute atomic E-state index is 11.9. The summed E-state index contributed by atoms with van der Waals surface area (Å²) in [4.78, 5) is 9.65. The van der Waals surface area contributed by atoms with E-state index in [2.05, 4.69) is 0 Å². The van der Waals surface area contributed by atoms with Crippen LogP contribution in [-0.2, 0) is 24.1 Å². The third-order valence-electron chi connectivity index (χ3n) is 3.12. The smallest absolute Gasteiger partial charge is 0.266 e. The molecule has 116 valence electrons. The van der Waals surface area contributed by atoms with Crippen LogP contribution in [0, 0.1) is 16.0 Å². The van der Waals surface area contributed by atoms with Gasteiger partial charge in [0.25, 0.3) is 15.8 Å². The molecule has 0 aromatic heterocycles. The van der Waals surface area contributed by atoms with Gasteiger partial charge in [0.15, 0.2) is 9.84 Å². The fourth-order valence-corrected chi connectivity index (χ4v) is 4.81. The molecule has 21 heavy (non-hydrogen) atoms. The third kappa shape index (κ3) is 3.99. The molecule has 1 unspecified atom stereocenters. The molecule has 1 atom stereocenters. The molecule has 0 radical (unpaired) electrons. The van der Waals surface area contributed by atoms with E-state index in [-0.39, 0.29) is 34.6 Å². The Kier molecular flexibility index (Phi) is 4.30. The van der Waals surface area contributed by atoms with Crippen LogP contribution in [-0.4, -0.2) is 39.9 Å². The van der Waals surface area contributed by atoms with E-state index in [1.54, 1.807) is 0 Å². The first kappa shape index (κ1) is 15.9. The molecule has 0 saturated carbocycles. The zero-order chi connectivity index (χ0) is 15.7. The minimum absolute atomic E-state index is 0.0403. The molecule has 10 heteroatoms. The van der Waals surface area contributed by atoms with Crippen molar-refractivity contribution in [2.24, 2.45) is 5.92 Å². The van der Waals surface area contributed by atoms with Crippen LogP contribution in [0.25, 0.3) is 0 Å². The number of sulfone groups is 1. The van der Waals surface area contributed by atoms with Crippen LogP contribution < -0.4 is 0 Å². The van der Waals surface area contributed by atoms with Crippen molar-refractivity contribution in [3.05, 3.63) is 34.4 Å². The molecular formula is C11H13NO7S2. The van der Waals surface area contributed by atoms with Crippen molar-refractivity contribution in [2.75, 3.05) is 18.1 Å². The normalized spacial score (nSPS) is 21.2. The maximum atomic E-state index is 11.9. The van der Waals surface area contributed by atoms with Gasteiger partial charge >= 0.3 is 0 Å². The third-order valence-corrected chi connectivity index (χ3v) is 6.25. The van der Waals surface area contributed by atoms with E-state index in [9.17, 15) is 26.9 Å². The minimum atomic E-state index is -4.04. The van der Waals surface area contributed by atoms with E-state index in [0.717, 1.165) is 24.3 Å². The van der Waals surface area contributed by atoms with Crippen LogP contribution in [0.2, 0.25) is 0 Å². The second-order valence-electron chi connectivity index (χ2n) is 4.76. The van der Waals surface area contributed by atoms with Crippen LogP contribution in [0.5, 0.6) is 0 Å². The molecule has 2 rings (SSSR count). The Morgan fingerprint density at radius 1 is 1.29 bits per heavy atom. The monoisotopic (exact) mass is 335 g/mol. The highest BCUT2D eigenvalue weighted by atomic mass is 32.2. The molecule has 0 N–H and O–H groups in total. The van der Waals surface area contributed by atoms with Gasteiger partial charge in [-0.05, 0) is 24.5 Å². The van der Waals surface area contributed by atoms with E-state index < -0.39 is 24.9 Å². The van der Waals surface area contributed by atoms with E-state index >= 15 is 0 Å². The molecule has 1 aromatic carbocycles. The summed E-state index contributed by atoms with van der Waals surface area (Å²) in [5.41, 5.74) is -0.226. The second-order valence-corrected chi connectivity index (χ2v) is 8.60. The van der Waals surface area contributed by atoms with Gasteiger partial charge in [0, 0.05) is 12.1 Å². The van der Waals surface area contributed by atoms with Crippen LogP contribution in [0.4, 0.5) is 5.69 Å². The first-order valence-corrected chi connectivity index (χ1v) is 9.27. The van der Waals surface area contributed by atoms with Gasteiger partial charge in [-0.2, -0.15) is 8.42 Å². The van der Waals surface area contributed by atoms with E-state index in [1.165, 1.54) is 0 Å². The van der Waals surface area contributed by atoms with Gasteiger partial charge in [-0.25, -0.2) is 8.42 Å². The second kappa shape index (κ2) is 5.70. The number of benzene rings is 1. The molecule has 1 fully saturated rings. The Labute approximate surface area is 121 Å². The largest absolute Gasteiger partial charge is 0.296 e. The maximum Gasteiger partial charge on any atom is 0.296 e. The summed E-state index contributed by atoms with van der Waals surface area (Å²) in [6.07, 6.45) is 0.373. The molecule has 0 amide bonds. The highest BCUT2D eigenvalue weighted by Crippen LogP contribution is 2.22. The number of hydrogen-bond donors (Lipinski definition) is 0. The Balaban J connectivity index is 2.03. The summed E-state index contributed by atoms with van der Waals surface area (Å²) >= 11 is 0. The van der Waals surface area contributed by atoms with Crippen molar-refractivity contribution in [2.45, 2.75) is 11.3 Å². The van der Waals surface area contributed by atoms with Gasteiger partial charge in [0.2, 0.25) is 0 Å². The van der Waals surface area contributed by atoms with Crippen molar-refractivity contribution in [1.82, 2.24) is 0 Å². The number of nitro groups is 1. The Morgan fingerprint density at radius 2 is 1.90 bits per heavy atom. The highest BCUT2D eigenvalue weighted by Gasteiger charge is 2.29. The van der Waals surface area contributed by atoms with Gasteiger partial charge in [-0.3, -0.25) is 14.3 Å². The standard InChI is InChI=1S/C11H13NO7S2/c13-12(14)10-1-3-11(4-2-10)21(17,18)19-7-9-5-6-20(15,16)8-9/h1-4,9H,5-8H2. The molecule has 1 heterocycles. The first-order valence-electron chi connectivity index (χ1n) is 6.04. The van der Waals surface area contributed by atoms with Gasteiger partial charge in [0.05, 0.1) is 27.9 Å². The predicted molar refractivity (Wildman–Crippen MR) is 73.0 cm³/mol. The fourth-order valence-electron chi connectivity index (χ4n) is 1.99. The summed E-state index contributed by atoms with van der Waals surface area (Å²) < 4.78 is 51.1. The molecule has 1 aliphatic rings. The zero-order valence-corrected chi connectivity index (χ0v) is 12.5. The lowest BCUT2D eigenvalue weighted by molar-refractivity contribution is -0.384. The fraction of sp³-hybridized carbons (Fsp3) is 0.455. The van der Waals surface area contributed by atoms with E-state index in [4.69, 9.17) is 4.18 Å². The first-order chi connectivity index (χ1) is 9.70. The lowest BCUT2D eigenvalue weighted by Gasteiger charge is -2.09. The minimum Gasteiger partial charge on any atom is -0.266 e. The zero-order valence-electron chi connectivity index (χ0n) is 10.8. The molecule has 1 saturated heterocycles. The summed E-state index contributed by atoms with van der Waals surface area (Å²) in [5.74, 6) is -0.385. The van der Waals surface area contributed by atoms with Crippen molar-refractivity contribution in [1.29, 1.82) is 0 Å². The van der Waals surface area contributed by atoms with Gasteiger partial charge in [0.1, 0.15) is 0 Å². The molecule has 8 nitrogen and oxygen atoms in total. The quantitative estimate of drug-likeness (QED) is 0.442. The van der Waals surface area contributed by atoms with Crippen molar-refractivity contribution >= 4 is 25.6 Å². The van der Waals surface area contributed by atoms with Crippen molar-refractivity contribution in [3.63, 3.8) is 0 Å². The van der Waals surface area contributed by atoms with Crippen molar-refractivity contribution < 1.29 is 25.9 Å². The summed E-state index contributed by atoms with van der Waals surface area (Å²) in [6.45, 7) is -0.210. The topological polar surface area (TPSA) is 121 Å². The average Bonchev–Trinajstić information content (AvgIpc) is 2.76. The summed E-state index contributed by atoms with van der Waals surface area (Å²) in [6, 6.07) is 4.30. The van der Waals surface area contributed by atoms with Crippen LogP contribution in [0.15, 0.2) is 29.2 Å². The molecule has 0 aliphatic carbocycles. The van der Waals surface area contributed by atoms with Gasteiger partial charge < -0.3 is 0 Å². The van der Waals surface area contributed by atoms with Crippen LogP contribution >= 0.6 is 0 Å². The van der Waals surface area contributed by atoms with Gasteiger partial charge in [-0.15, -0.1) is 0 Å². The molecule has 1 aliphatic heterocycles.